The van der Waals surface area contributed by atoms with E-state index in [0.717, 1.165) is 0 Å². The Bertz CT molecular complexity index is 198. The first-order chi connectivity index (χ1) is 11.8. The van der Waals surface area contributed by atoms with Crippen LogP contribution in [-0.4, -0.2) is 0 Å². The molecule has 0 aliphatic carbocycles. The Labute approximate surface area is 155 Å². The van der Waals surface area contributed by atoms with E-state index in [0.29, 0.717) is 0 Å². The maximum Gasteiger partial charge on any atom is -0.0351 e. The highest BCUT2D eigenvalue weighted by atomic mass is 14.0. The molecule has 0 amide bonds. The predicted octanol–water partition coefficient (Wildman–Crippen LogP) is 9.63. The van der Waals surface area contributed by atoms with E-state index in [1.54, 1.807) is 0 Å². The number of hydrogen-bond acceptors (Lipinski definition) is 0. The van der Waals surface area contributed by atoms with Gasteiger partial charge in [-0.1, -0.05) is 130 Å². The molecule has 0 unspecified atom stereocenters. The van der Waals surface area contributed by atoms with Gasteiger partial charge in [0.15, 0.2) is 0 Å². The average Bonchev–Trinajstić information content (AvgIpc) is 2.60. The quantitative estimate of drug-likeness (QED) is 0.183. The van der Waals surface area contributed by atoms with E-state index in [-0.39, 0.29) is 0 Å². The smallest absolute Gasteiger partial charge is 0.0351 e. The van der Waals surface area contributed by atoms with Crippen molar-refractivity contribution < 1.29 is 0 Å². The molecular weight excluding hydrogens is 288 g/mol. The molecule has 0 heterocycles. The minimum atomic E-state index is 1.30. The molecule has 0 aromatic rings. The van der Waals surface area contributed by atoms with Gasteiger partial charge in [0.05, 0.1) is 0 Å². The van der Waals surface area contributed by atoms with E-state index < -0.39 is 0 Å². The van der Waals surface area contributed by atoms with Crippen LogP contribution in [0.15, 0.2) is 12.2 Å². The first-order valence-corrected chi connectivity index (χ1v) is 11.5. The number of hydrogen-bond donors (Lipinski definition) is 0. The van der Waals surface area contributed by atoms with Crippen molar-refractivity contribution in [2.24, 2.45) is 0 Å². The lowest BCUT2D eigenvalue weighted by Gasteiger charge is -1.98. The SMILES string of the molecule is CCCCCC=CCCCCCCCCC.CCCCCCCC. The molecule has 0 spiro atoms. The summed E-state index contributed by atoms with van der Waals surface area (Å²) >= 11 is 0. The molecule has 0 nitrogen and oxygen atoms in total. The Morgan fingerprint density at radius 2 is 0.583 bits per heavy atom. The Kier molecular flexibility index (Phi) is 29.9. The summed E-state index contributed by atoms with van der Waals surface area (Å²) in [5.74, 6) is 0. The third-order valence-electron chi connectivity index (χ3n) is 4.57. The van der Waals surface area contributed by atoms with Gasteiger partial charge in [-0.3, -0.25) is 0 Å². The number of allylic oxidation sites excluding steroid dienone is 2. The van der Waals surface area contributed by atoms with Crippen molar-refractivity contribution >= 4 is 0 Å². The third kappa shape index (κ3) is 29.7. The summed E-state index contributed by atoms with van der Waals surface area (Å²) in [5.41, 5.74) is 0. The third-order valence-corrected chi connectivity index (χ3v) is 4.57. The minimum absolute atomic E-state index is 1.30. The molecule has 0 rings (SSSR count). The lowest BCUT2D eigenvalue weighted by Crippen LogP contribution is -1.79. The molecule has 0 saturated heterocycles. The first-order valence-electron chi connectivity index (χ1n) is 11.5. The van der Waals surface area contributed by atoms with Crippen LogP contribution in [0.25, 0.3) is 0 Å². The van der Waals surface area contributed by atoms with Crippen molar-refractivity contribution in [2.75, 3.05) is 0 Å². The van der Waals surface area contributed by atoms with Crippen molar-refractivity contribution in [3.8, 4) is 0 Å². The molecule has 0 atom stereocenters. The highest BCUT2D eigenvalue weighted by molar-refractivity contribution is 4.81. The van der Waals surface area contributed by atoms with E-state index >= 15 is 0 Å². The van der Waals surface area contributed by atoms with Crippen molar-refractivity contribution in [3.63, 3.8) is 0 Å². The fourth-order valence-electron chi connectivity index (χ4n) is 2.82. The van der Waals surface area contributed by atoms with Crippen LogP contribution in [0, 0.1) is 0 Å². The summed E-state index contributed by atoms with van der Waals surface area (Å²) in [6.07, 6.45) is 29.9. The summed E-state index contributed by atoms with van der Waals surface area (Å²) in [6, 6.07) is 0. The second kappa shape index (κ2) is 27.6. The average molecular weight is 339 g/mol. The van der Waals surface area contributed by atoms with Crippen LogP contribution >= 0.6 is 0 Å². The molecular formula is C24H50. The summed E-state index contributed by atoms with van der Waals surface area (Å²) < 4.78 is 0. The van der Waals surface area contributed by atoms with Crippen LogP contribution in [0.4, 0.5) is 0 Å². The molecule has 0 radical (unpaired) electrons. The van der Waals surface area contributed by atoms with E-state index in [1.165, 1.54) is 116 Å². The fourth-order valence-corrected chi connectivity index (χ4v) is 2.82. The summed E-state index contributed by atoms with van der Waals surface area (Å²) in [6.45, 7) is 9.06. The van der Waals surface area contributed by atoms with E-state index in [2.05, 4.69) is 39.8 Å². The highest BCUT2D eigenvalue weighted by Gasteiger charge is 1.89. The highest BCUT2D eigenvalue weighted by Crippen LogP contribution is 2.09. The summed E-state index contributed by atoms with van der Waals surface area (Å²) in [7, 11) is 0. The molecule has 24 heavy (non-hydrogen) atoms. The Balaban J connectivity index is 0. The maximum atomic E-state index is 2.39. The van der Waals surface area contributed by atoms with Gasteiger partial charge in [0.2, 0.25) is 0 Å². The molecule has 0 heteroatoms. The van der Waals surface area contributed by atoms with Crippen molar-refractivity contribution in [3.05, 3.63) is 12.2 Å². The van der Waals surface area contributed by atoms with Gasteiger partial charge in [-0.2, -0.15) is 0 Å². The van der Waals surface area contributed by atoms with Gasteiger partial charge in [-0.05, 0) is 25.7 Å². The molecule has 0 bridgehead atoms. The topological polar surface area (TPSA) is 0 Å². The molecule has 0 aliphatic heterocycles. The van der Waals surface area contributed by atoms with Gasteiger partial charge in [-0.15, -0.1) is 0 Å². The molecule has 0 N–H and O–H groups in total. The summed E-state index contributed by atoms with van der Waals surface area (Å²) in [4.78, 5) is 0. The molecule has 0 aromatic heterocycles. The van der Waals surface area contributed by atoms with Gasteiger partial charge in [0.25, 0.3) is 0 Å². The second-order valence-corrected chi connectivity index (χ2v) is 7.29. The zero-order valence-electron chi connectivity index (χ0n) is 17.9. The molecule has 0 aliphatic rings. The van der Waals surface area contributed by atoms with Crippen LogP contribution in [0.3, 0.4) is 0 Å². The van der Waals surface area contributed by atoms with Gasteiger partial charge < -0.3 is 0 Å². The van der Waals surface area contributed by atoms with Crippen molar-refractivity contribution in [1.82, 2.24) is 0 Å². The molecule has 0 saturated carbocycles. The normalized spacial score (nSPS) is 10.8. The second-order valence-electron chi connectivity index (χ2n) is 7.29. The van der Waals surface area contributed by atoms with Crippen molar-refractivity contribution in [1.29, 1.82) is 0 Å². The van der Waals surface area contributed by atoms with E-state index in [9.17, 15) is 0 Å². The molecule has 0 aromatic carbocycles. The Morgan fingerprint density at radius 3 is 0.958 bits per heavy atom. The largest absolute Gasteiger partial charge is 0.0885 e. The fraction of sp³-hybridized carbons (Fsp3) is 0.917. The zero-order chi connectivity index (χ0) is 18.1. The number of rotatable bonds is 17. The van der Waals surface area contributed by atoms with Gasteiger partial charge in [0, 0.05) is 0 Å². The van der Waals surface area contributed by atoms with Crippen molar-refractivity contribution in [2.45, 2.75) is 143 Å². The van der Waals surface area contributed by atoms with Crippen LogP contribution in [0.2, 0.25) is 0 Å². The Morgan fingerprint density at radius 1 is 0.333 bits per heavy atom. The van der Waals surface area contributed by atoms with Crippen LogP contribution in [0.5, 0.6) is 0 Å². The predicted molar refractivity (Wildman–Crippen MR) is 115 cm³/mol. The zero-order valence-corrected chi connectivity index (χ0v) is 17.9. The summed E-state index contributed by atoms with van der Waals surface area (Å²) in [5, 5.41) is 0. The lowest BCUT2D eigenvalue weighted by atomic mass is 10.1. The molecule has 0 fully saturated rings. The first kappa shape index (κ1) is 26.0. The van der Waals surface area contributed by atoms with Crippen LogP contribution < -0.4 is 0 Å². The maximum absolute atomic E-state index is 2.39. The van der Waals surface area contributed by atoms with E-state index in [1.807, 2.05) is 0 Å². The van der Waals surface area contributed by atoms with Gasteiger partial charge in [0.1, 0.15) is 0 Å². The minimum Gasteiger partial charge on any atom is -0.0885 e. The number of unbranched alkanes of at least 4 members (excludes halogenated alkanes) is 15. The monoisotopic (exact) mass is 338 g/mol. The Hall–Kier alpha value is -0.260. The van der Waals surface area contributed by atoms with E-state index in [4.69, 9.17) is 0 Å². The van der Waals surface area contributed by atoms with Crippen LogP contribution in [-0.2, 0) is 0 Å². The molecule has 146 valence electrons. The lowest BCUT2D eigenvalue weighted by molar-refractivity contribution is 0.592. The van der Waals surface area contributed by atoms with Gasteiger partial charge >= 0.3 is 0 Å². The van der Waals surface area contributed by atoms with Gasteiger partial charge in [-0.25, -0.2) is 0 Å². The van der Waals surface area contributed by atoms with Crippen LogP contribution in [0.1, 0.15) is 143 Å². The standard InChI is InChI=1S/C16H32.C8H18/c1-3-5-7-9-11-13-15-16-14-12-10-8-6-4-2;1-3-5-7-8-6-4-2/h11,13H,3-10,12,14-16H2,1-2H3;3-8H2,1-2H3.